The van der Waals surface area contributed by atoms with Gasteiger partial charge in [0.25, 0.3) is 0 Å². The summed E-state index contributed by atoms with van der Waals surface area (Å²) in [4.78, 5) is 2.46. The van der Waals surface area contributed by atoms with Crippen LogP contribution in [0.25, 0.3) is 0 Å². The lowest BCUT2D eigenvalue weighted by atomic mass is 9.71. The lowest BCUT2D eigenvalue weighted by Gasteiger charge is -2.32. The van der Waals surface area contributed by atoms with E-state index in [1.54, 1.807) is 0 Å². The van der Waals surface area contributed by atoms with E-state index in [9.17, 15) is 0 Å². The third-order valence-electron chi connectivity index (χ3n) is 3.18. The number of nitrogens with zero attached hydrogens (tertiary/aromatic N) is 1. The summed E-state index contributed by atoms with van der Waals surface area (Å²) >= 11 is 0. The number of hydrogen-bond donors (Lipinski definition) is 1. The van der Waals surface area contributed by atoms with Gasteiger partial charge in [0.05, 0.1) is 6.04 Å². The molecule has 1 saturated heterocycles. The van der Waals surface area contributed by atoms with Crippen LogP contribution in [-0.2, 0) is 0 Å². The van der Waals surface area contributed by atoms with Crippen LogP contribution in [0.2, 0.25) is 6.82 Å². The molecule has 2 atom stereocenters. The van der Waals surface area contributed by atoms with Gasteiger partial charge >= 0.3 is 0 Å². The van der Waals surface area contributed by atoms with Crippen LogP contribution >= 0.6 is 0 Å². The van der Waals surface area contributed by atoms with Crippen LogP contribution in [0, 0.1) is 0 Å². The minimum absolute atomic E-state index is 0.301. The van der Waals surface area contributed by atoms with Crippen LogP contribution < -0.4 is 5.32 Å². The summed E-state index contributed by atoms with van der Waals surface area (Å²) in [5, 5.41) is 3.33. The second-order valence-corrected chi connectivity index (χ2v) is 4.54. The Hall–Kier alpha value is -0.855. The first kappa shape index (κ1) is 12.2. The molecule has 1 heterocycles. The standard InChI is InChI=1S/C12H23BN2/c1-9(2)14-10(3)11(4)15-8-6-7-12(15)13-5/h10,12-14H,1,4,6-8H2,2-3,5H3/t10-,12?/m1/s1. The molecule has 0 spiro atoms. The molecular formula is C12H23BN2. The predicted octanol–water partition coefficient (Wildman–Crippen LogP) is 1.92. The highest BCUT2D eigenvalue weighted by molar-refractivity contribution is 6.35. The lowest BCUT2D eigenvalue weighted by Crippen LogP contribution is -2.40. The van der Waals surface area contributed by atoms with Crippen molar-refractivity contribution in [3.05, 3.63) is 24.6 Å². The summed E-state index contributed by atoms with van der Waals surface area (Å²) in [6.07, 6.45) is 2.62. The van der Waals surface area contributed by atoms with E-state index in [2.05, 4.69) is 37.1 Å². The summed E-state index contributed by atoms with van der Waals surface area (Å²) in [5.74, 6) is 0.701. The van der Waals surface area contributed by atoms with E-state index in [0.29, 0.717) is 12.0 Å². The first-order chi connectivity index (χ1) is 7.06. The summed E-state index contributed by atoms with van der Waals surface area (Å²) in [7, 11) is 1.22. The van der Waals surface area contributed by atoms with Gasteiger partial charge in [-0.2, -0.15) is 0 Å². The van der Waals surface area contributed by atoms with Crippen molar-refractivity contribution >= 4 is 7.28 Å². The van der Waals surface area contributed by atoms with Crippen molar-refractivity contribution in [1.82, 2.24) is 10.2 Å². The summed E-state index contributed by atoms with van der Waals surface area (Å²) in [5.41, 5.74) is 2.22. The van der Waals surface area contributed by atoms with Gasteiger partial charge in [-0.3, -0.25) is 0 Å². The number of hydrogen-bond acceptors (Lipinski definition) is 2. The van der Waals surface area contributed by atoms with Crippen LogP contribution in [0.15, 0.2) is 24.6 Å². The van der Waals surface area contributed by atoms with E-state index in [1.807, 2.05) is 6.92 Å². The van der Waals surface area contributed by atoms with Crippen molar-refractivity contribution in [2.24, 2.45) is 0 Å². The molecule has 0 aromatic rings. The highest BCUT2D eigenvalue weighted by Gasteiger charge is 2.26. The van der Waals surface area contributed by atoms with Gasteiger partial charge in [0, 0.05) is 23.9 Å². The average molecular weight is 206 g/mol. The minimum atomic E-state index is 0.301. The van der Waals surface area contributed by atoms with Gasteiger partial charge in [0.1, 0.15) is 7.28 Å². The van der Waals surface area contributed by atoms with Gasteiger partial charge in [0.15, 0.2) is 0 Å². The average Bonchev–Trinajstić information content (AvgIpc) is 2.62. The van der Waals surface area contributed by atoms with Gasteiger partial charge in [-0.1, -0.05) is 20.0 Å². The van der Waals surface area contributed by atoms with E-state index in [-0.39, 0.29) is 0 Å². The molecule has 3 heteroatoms. The number of nitrogens with one attached hydrogen (secondary N) is 1. The molecule has 0 aromatic carbocycles. The second-order valence-electron chi connectivity index (χ2n) is 4.54. The lowest BCUT2D eigenvalue weighted by molar-refractivity contribution is 0.358. The van der Waals surface area contributed by atoms with E-state index >= 15 is 0 Å². The predicted molar refractivity (Wildman–Crippen MR) is 69.3 cm³/mol. The molecule has 0 bridgehead atoms. The zero-order valence-electron chi connectivity index (χ0n) is 10.3. The van der Waals surface area contributed by atoms with Crippen molar-refractivity contribution in [3.8, 4) is 0 Å². The monoisotopic (exact) mass is 206 g/mol. The maximum absolute atomic E-state index is 4.21. The summed E-state index contributed by atoms with van der Waals surface area (Å²) < 4.78 is 0. The zero-order valence-corrected chi connectivity index (χ0v) is 10.3. The molecular weight excluding hydrogens is 183 g/mol. The normalized spacial score (nSPS) is 22.3. The van der Waals surface area contributed by atoms with Crippen molar-refractivity contribution in [2.75, 3.05) is 6.54 Å². The van der Waals surface area contributed by atoms with Gasteiger partial charge in [-0.25, -0.2) is 0 Å². The van der Waals surface area contributed by atoms with E-state index in [1.165, 1.54) is 32.4 Å². The van der Waals surface area contributed by atoms with Crippen LogP contribution in [-0.4, -0.2) is 30.7 Å². The molecule has 0 radical (unpaired) electrons. The smallest absolute Gasteiger partial charge is 0.146 e. The number of rotatable bonds is 5. The fourth-order valence-electron chi connectivity index (χ4n) is 2.34. The molecule has 0 saturated carbocycles. The van der Waals surface area contributed by atoms with Gasteiger partial charge < -0.3 is 10.2 Å². The Kier molecular flexibility index (Phi) is 4.31. The minimum Gasteiger partial charge on any atom is -0.381 e. The Labute approximate surface area is 94.7 Å². The third-order valence-corrected chi connectivity index (χ3v) is 3.18. The highest BCUT2D eigenvalue weighted by atomic mass is 15.2. The van der Waals surface area contributed by atoms with E-state index < -0.39 is 0 Å². The maximum Gasteiger partial charge on any atom is 0.146 e. The zero-order chi connectivity index (χ0) is 11.4. The van der Waals surface area contributed by atoms with Crippen LogP contribution in [0.5, 0.6) is 0 Å². The molecule has 1 aliphatic heterocycles. The van der Waals surface area contributed by atoms with Crippen molar-refractivity contribution in [1.29, 1.82) is 0 Å². The first-order valence-electron chi connectivity index (χ1n) is 5.93. The Bertz CT molecular complexity index is 250. The Morgan fingerprint density at radius 2 is 2.20 bits per heavy atom. The molecule has 1 unspecified atom stereocenters. The molecule has 15 heavy (non-hydrogen) atoms. The van der Waals surface area contributed by atoms with Crippen LogP contribution in [0.1, 0.15) is 26.7 Å². The SMILES string of the molecule is C=C(C)N[C@H](C)C(=C)N1CCCC1BC. The molecule has 1 N–H and O–H groups in total. The molecule has 1 rings (SSSR count). The maximum atomic E-state index is 4.21. The molecule has 2 nitrogen and oxygen atoms in total. The topological polar surface area (TPSA) is 15.3 Å². The van der Waals surface area contributed by atoms with Crippen molar-refractivity contribution < 1.29 is 0 Å². The Balaban J connectivity index is 2.55. The molecule has 0 aromatic heterocycles. The Morgan fingerprint density at radius 1 is 1.53 bits per heavy atom. The molecule has 84 valence electrons. The number of likely N-dealkylation sites (tertiary alicyclic amines) is 1. The van der Waals surface area contributed by atoms with Crippen LogP contribution in [0.4, 0.5) is 0 Å². The van der Waals surface area contributed by atoms with Crippen molar-refractivity contribution in [3.63, 3.8) is 0 Å². The largest absolute Gasteiger partial charge is 0.381 e. The Morgan fingerprint density at radius 3 is 2.73 bits per heavy atom. The highest BCUT2D eigenvalue weighted by Crippen LogP contribution is 2.22. The fraction of sp³-hybridized carbons (Fsp3) is 0.667. The molecule has 0 amide bonds. The third kappa shape index (κ3) is 3.05. The summed E-state index contributed by atoms with van der Waals surface area (Å²) in [6, 6.07) is 0.301. The molecule has 1 aliphatic rings. The van der Waals surface area contributed by atoms with Crippen molar-refractivity contribution in [2.45, 2.75) is 45.5 Å². The second kappa shape index (κ2) is 5.29. The van der Waals surface area contributed by atoms with E-state index in [0.717, 1.165) is 5.70 Å². The summed E-state index contributed by atoms with van der Waals surface area (Å²) in [6.45, 7) is 15.7. The molecule has 0 aliphatic carbocycles. The number of allylic oxidation sites excluding steroid dienone is 1. The molecule has 1 fully saturated rings. The van der Waals surface area contributed by atoms with Gasteiger partial charge in [0.2, 0.25) is 0 Å². The van der Waals surface area contributed by atoms with E-state index in [4.69, 9.17) is 0 Å². The quantitative estimate of drug-likeness (QED) is 0.691. The fourth-order valence-corrected chi connectivity index (χ4v) is 2.34. The first-order valence-corrected chi connectivity index (χ1v) is 5.93. The van der Waals surface area contributed by atoms with Gasteiger partial charge in [-0.05, 0) is 26.7 Å². The van der Waals surface area contributed by atoms with Gasteiger partial charge in [-0.15, -0.1) is 0 Å². The van der Waals surface area contributed by atoms with Crippen LogP contribution in [0.3, 0.4) is 0 Å².